The fourth-order valence-corrected chi connectivity index (χ4v) is 2.37. The molecule has 0 aliphatic carbocycles. The molecule has 1 aliphatic rings. The monoisotopic (exact) mass is 300 g/mol. The van der Waals surface area contributed by atoms with Crippen molar-refractivity contribution in [2.75, 3.05) is 31.0 Å². The number of hydrogen-bond donors (Lipinski definition) is 2. The van der Waals surface area contributed by atoms with Crippen molar-refractivity contribution in [3.05, 3.63) is 36.5 Å². The lowest BCUT2D eigenvalue weighted by Crippen LogP contribution is -2.27. The summed E-state index contributed by atoms with van der Waals surface area (Å²) in [5, 5.41) is 6.69. The predicted molar refractivity (Wildman–Crippen MR) is 85.8 cm³/mol. The molecule has 0 bridgehead atoms. The van der Waals surface area contributed by atoms with Crippen molar-refractivity contribution in [3.8, 4) is 5.88 Å². The van der Waals surface area contributed by atoms with Crippen LogP contribution in [-0.4, -0.2) is 36.3 Å². The van der Waals surface area contributed by atoms with Gasteiger partial charge in [0.15, 0.2) is 0 Å². The van der Waals surface area contributed by atoms with Gasteiger partial charge in [-0.25, -0.2) is 4.98 Å². The molecule has 22 heavy (non-hydrogen) atoms. The third-order valence-electron chi connectivity index (χ3n) is 3.57. The van der Waals surface area contributed by atoms with Gasteiger partial charge < -0.3 is 20.1 Å². The highest BCUT2D eigenvalue weighted by Gasteiger charge is 2.13. The van der Waals surface area contributed by atoms with Crippen molar-refractivity contribution < 1.29 is 9.47 Å². The Kier molecular flexibility index (Phi) is 4.70. The SMILES string of the molecule is COc1ccnc(Nc2ccc(NC3CCOCC3)cc2)n1. The van der Waals surface area contributed by atoms with Gasteiger partial charge in [-0.05, 0) is 37.1 Å². The maximum absolute atomic E-state index is 5.37. The van der Waals surface area contributed by atoms with Crippen LogP contribution in [0.4, 0.5) is 17.3 Å². The number of rotatable bonds is 5. The summed E-state index contributed by atoms with van der Waals surface area (Å²) < 4.78 is 10.5. The molecule has 1 aromatic heterocycles. The van der Waals surface area contributed by atoms with Gasteiger partial charge in [-0.1, -0.05) is 0 Å². The molecule has 1 aromatic carbocycles. The van der Waals surface area contributed by atoms with Crippen LogP contribution < -0.4 is 15.4 Å². The normalized spacial score (nSPS) is 15.3. The van der Waals surface area contributed by atoms with Gasteiger partial charge in [0.1, 0.15) is 0 Å². The Hall–Kier alpha value is -2.34. The quantitative estimate of drug-likeness (QED) is 0.885. The van der Waals surface area contributed by atoms with E-state index in [0.29, 0.717) is 17.9 Å². The molecule has 0 spiro atoms. The Balaban J connectivity index is 1.60. The van der Waals surface area contributed by atoms with Crippen LogP contribution in [0.1, 0.15) is 12.8 Å². The zero-order chi connectivity index (χ0) is 15.2. The van der Waals surface area contributed by atoms with E-state index in [4.69, 9.17) is 9.47 Å². The molecule has 0 saturated carbocycles. The minimum Gasteiger partial charge on any atom is -0.481 e. The van der Waals surface area contributed by atoms with Crippen molar-refractivity contribution in [1.82, 2.24) is 9.97 Å². The molecular weight excluding hydrogens is 280 g/mol. The van der Waals surface area contributed by atoms with Crippen LogP contribution in [0.25, 0.3) is 0 Å². The second-order valence-corrected chi connectivity index (χ2v) is 5.16. The molecule has 1 fully saturated rings. The lowest BCUT2D eigenvalue weighted by Gasteiger charge is -2.24. The van der Waals surface area contributed by atoms with E-state index >= 15 is 0 Å². The molecule has 1 aliphatic heterocycles. The molecule has 3 rings (SSSR count). The van der Waals surface area contributed by atoms with Crippen LogP contribution in [0.2, 0.25) is 0 Å². The summed E-state index contributed by atoms with van der Waals surface area (Å²) in [5.41, 5.74) is 2.05. The molecule has 2 aromatic rings. The molecular formula is C16H20N4O2. The molecule has 6 heteroatoms. The predicted octanol–water partition coefficient (Wildman–Crippen LogP) is 2.82. The average molecular weight is 300 g/mol. The van der Waals surface area contributed by atoms with Gasteiger partial charge in [-0.3, -0.25) is 0 Å². The lowest BCUT2D eigenvalue weighted by molar-refractivity contribution is 0.0904. The summed E-state index contributed by atoms with van der Waals surface area (Å²) in [5.74, 6) is 1.06. The van der Waals surface area contributed by atoms with Gasteiger partial charge >= 0.3 is 0 Å². The van der Waals surface area contributed by atoms with Crippen molar-refractivity contribution in [1.29, 1.82) is 0 Å². The standard InChI is InChI=1S/C16H20N4O2/c1-21-15-6-9-17-16(20-15)19-13-4-2-12(3-5-13)18-14-7-10-22-11-8-14/h2-6,9,14,18H,7-8,10-11H2,1H3,(H,17,19,20). The van der Waals surface area contributed by atoms with Crippen molar-refractivity contribution in [2.24, 2.45) is 0 Å². The second-order valence-electron chi connectivity index (χ2n) is 5.16. The van der Waals surface area contributed by atoms with Crippen LogP contribution >= 0.6 is 0 Å². The first-order valence-corrected chi connectivity index (χ1v) is 7.42. The van der Waals surface area contributed by atoms with E-state index in [1.54, 1.807) is 19.4 Å². The maximum atomic E-state index is 5.37. The number of nitrogens with one attached hydrogen (secondary N) is 2. The second kappa shape index (κ2) is 7.09. The summed E-state index contributed by atoms with van der Waals surface area (Å²) in [6.45, 7) is 1.68. The van der Waals surface area contributed by atoms with E-state index in [0.717, 1.165) is 37.4 Å². The van der Waals surface area contributed by atoms with Gasteiger partial charge in [0.05, 0.1) is 7.11 Å². The average Bonchev–Trinajstić information content (AvgIpc) is 2.58. The van der Waals surface area contributed by atoms with Crippen LogP contribution in [0.15, 0.2) is 36.5 Å². The molecule has 0 amide bonds. The Bertz CT molecular complexity index is 597. The van der Waals surface area contributed by atoms with Crippen LogP contribution in [0.5, 0.6) is 5.88 Å². The van der Waals surface area contributed by atoms with Crippen LogP contribution in [-0.2, 0) is 4.74 Å². The molecule has 2 N–H and O–H groups in total. The number of methoxy groups -OCH3 is 1. The number of nitrogens with zero attached hydrogens (tertiary/aromatic N) is 2. The minimum atomic E-state index is 0.495. The Labute approximate surface area is 129 Å². The fourth-order valence-electron chi connectivity index (χ4n) is 2.37. The van der Waals surface area contributed by atoms with Crippen molar-refractivity contribution >= 4 is 17.3 Å². The molecule has 1 saturated heterocycles. The Morgan fingerprint density at radius 1 is 1.09 bits per heavy atom. The Morgan fingerprint density at radius 2 is 1.82 bits per heavy atom. The van der Waals surface area contributed by atoms with E-state index in [1.165, 1.54) is 0 Å². The summed E-state index contributed by atoms with van der Waals surface area (Å²) in [4.78, 5) is 8.40. The smallest absolute Gasteiger partial charge is 0.230 e. The van der Waals surface area contributed by atoms with Gasteiger partial charge in [0, 0.05) is 42.9 Å². The van der Waals surface area contributed by atoms with E-state index in [9.17, 15) is 0 Å². The number of hydrogen-bond acceptors (Lipinski definition) is 6. The van der Waals surface area contributed by atoms with Crippen LogP contribution in [0.3, 0.4) is 0 Å². The van der Waals surface area contributed by atoms with Gasteiger partial charge in [-0.15, -0.1) is 0 Å². The van der Waals surface area contributed by atoms with E-state index in [2.05, 4.69) is 32.7 Å². The third kappa shape index (κ3) is 3.85. The maximum Gasteiger partial charge on any atom is 0.230 e. The van der Waals surface area contributed by atoms with Crippen molar-refractivity contribution in [2.45, 2.75) is 18.9 Å². The van der Waals surface area contributed by atoms with E-state index < -0.39 is 0 Å². The lowest BCUT2D eigenvalue weighted by atomic mass is 10.1. The number of anilines is 3. The van der Waals surface area contributed by atoms with Gasteiger partial charge in [-0.2, -0.15) is 4.98 Å². The summed E-state index contributed by atoms with van der Waals surface area (Å²) >= 11 is 0. The molecule has 0 atom stereocenters. The number of aromatic nitrogens is 2. The topological polar surface area (TPSA) is 68.3 Å². The molecule has 6 nitrogen and oxygen atoms in total. The third-order valence-corrected chi connectivity index (χ3v) is 3.57. The van der Waals surface area contributed by atoms with Gasteiger partial charge in [0.25, 0.3) is 0 Å². The first kappa shape index (κ1) is 14.6. The Morgan fingerprint density at radius 3 is 2.55 bits per heavy atom. The first-order valence-electron chi connectivity index (χ1n) is 7.42. The minimum absolute atomic E-state index is 0.495. The highest BCUT2D eigenvalue weighted by atomic mass is 16.5. The summed E-state index contributed by atoms with van der Waals surface area (Å²) in [7, 11) is 1.59. The summed E-state index contributed by atoms with van der Waals surface area (Å²) in [6.07, 6.45) is 3.77. The van der Waals surface area contributed by atoms with Gasteiger partial charge in [0.2, 0.25) is 11.8 Å². The molecule has 2 heterocycles. The molecule has 0 unspecified atom stereocenters. The number of benzene rings is 1. The first-order chi connectivity index (χ1) is 10.8. The highest BCUT2D eigenvalue weighted by Crippen LogP contribution is 2.20. The molecule has 0 radical (unpaired) electrons. The van der Waals surface area contributed by atoms with E-state index in [1.807, 2.05) is 12.1 Å². The largest absolute Gasteiger partial charge is 0.481 e. The molecule has 116 valence electrons. The van der Waals surface area contributed by atoms with E-state index in [-0.39, 0.29) is 0 Å². The number of ether oxygens (including phenoxy) is 2. The summed E-state index contributed by atoms with van der Waals surface area (Å²) in [6, 6.07) is 10.3. The van der Waals surface area contributed by atoms with Crippen molar-refractivity contribution in [3.63, 3.8) is 0 Å². The zero-order valence-corrected chi connectivity index (χ0v) is 12.6. The van der Waals surface area contributed by atoms with Crippen LogP contribution in [0, 0.1) is 0 Å². The highest BCUT2D eigenvalue weighted by molar-refractivity contribution is 5.58. The fraction of sp³-hybridized carbons (Fsp3) is 0.375. The zero-order valence-electron chi connectivity index (χ0n) is 12.6.